The van der Waals surface area contributed by atoms with Gasteiger partial charge >= 0.3 is 0 Å². The van der Waals surface area contributed by atoms with Gasteiger partial charge in [-0.2, -0.15) is 0 Å². The lowest BCUT2D eigenvalue weighted by Gasteiger charge is -2.42. The molecule has 128 valence electrons. The van der Waals surface area contributed by atoms with Gasteiger partial charge in [0.25, 0.3) is 5.91 Å². The maximum absolute atomic E-state index is 12.3. The molecule has 0 radical (unpaired) electrons. The first-order valence-corrected chi connectivity index (χ1v) is 8.08. The molecule has 2 aliphatic heterocycles. The predicted molar refractivity (Wildman–Crippen MR) is 86.6 cm³/mol. The molecule has 2 aliphatic rings. The van der Waals surface area contributed by atoms with E-state index < -0.39 is 5.60 Å². The lowest BCUT2D eigenvalue weighted by molar-refractivity contribution is -0.137. The van der Waals surface area contributed by atoms with Crippen LogP contribution in [0.2, 0.25) is 0 Å². The van der Waals surface area contributed by atoms with Gasteiger partial charge in [0.15, 0.2) is 0 Å². The van der Waals surface area contributed by atoms with Gasteiger partial charge in [0, 0.05) is 13.5 Å². The molecule has 3 amide bonds. The number of nitrogens with one attached hydrogen (secondary N) is 2. The third-order valence-electron chi connectivity index (χ3n) is 4.41. The first kappa shape index (κ1) is 16.3. The fourth-order valence-corrected chi connectivity index (χ4v) is 3.20. The second kappa shape index (κ2) is 6.51. The maximum Gasteiger partial charge on any atom is 0.255 e. The van der Waals surface area contributed by atoms with Crippen LogP contribution in [0.25, 0.3) is 0 Å². The molecule has 24 heavy (non-hydrogen) atoms. The molecule has 0 saturated carbocycles. The Balaban J connectivity index is 1.77. The Kier molecular flexibility index (Phi) is 4.42. The second-order valence-electron chi connectivity index (χ2n) is 6.29. The highest BCUT2D eigenvalue weighted by atomic mass is 16.5. The molecular weight excluding hydrogens is 310 g/mol. The van der Waals surface area contributed by atoms with Gasteiger partial charge in [-0.1, -0.05) is 12.1 Å². The first-order chi connectivity index (χ1) is 11.5. The Bertz CT molecular complexity index is 676. The summed E-state index contributed by atoms with van der Waals surface area (Å²) in [7, 11) is 0. The largest absolute Gasteiger partial charge is 0.483 e. The third-order valence-corrected chi connectivity index (χ3v) is 4.41. The fraction of sp³-hybridized carbons (Fsp3) is 0.471. The molecular formula is C17H21N3O4. The average molecular weight is 331 g/mol. The quantitative estimate of drug-likeness (QED) is 0.816. The predicted octanol–water partition coefficient (Wildman–Crippen LogP) is 0.306. The van der Waals surface area contributed by atoms with E-state index in [0.29, 0.717) is 30.9 Å². The highest BCUT2D eigenvalue weighted by molar-refractivity contribution is 5.97. The van der Waals surface area contributed by atoms with E-state index in [1.54, 1.807) is 23.1 Å². The van der Waals surface area contributed by atoms with Crippen LogP contribution in [0.15, 0.2) is 24.3 Å². The van der Waals surface area contributed by atoms with Crippen molar-refractivity contribution in [2.75, 3.05) is 26.2 Å². The molecule has 7 nitrogen and oxygen atoms in total. The second-order valence-corrected chi connectivity index (χ2v) is 6.29. The van der Waals surface area contributed by atoms with Gasteiger partial charge in [0.1, 0.15) is 11.4 Å². The van der Waals surface area contributed by atoms with Gasteiger partial charge in [-0.3, -0.25) is 14.4 Å². The van der Waals surface area contributed by atoms with E-state index in [1.807, 2.05) is 6.07 Å². The van der Waals surface area contributed by atoms with Crippen molar-refractivity contribution in [3.63, 3.8) is 0 Å². The lowest BCUT2D eigenvalue weighted by atomic mass is 9.92. The van der Waals surface area contributed by atoms with Crippen molar-refractivity contribution in [1.29, 1.82) is 0 Å². The number of fused-ring (bicyclic) bond motifs is 1. The Morgan fingerprint density at radius 2 is 2.17 bits per heavy atom. The van der Waals surface area contributed by atoms with Crippen LogP contribution in [0.1, 0.15) is 30.1 Å². The molecule has 0 bridgehead atoms. The molecule has 1 aromatic rings. The van der Waals surface area contributed by atoms with Crippen LogP contribution < -0.4 is 15.4 Å². The number of nitrogens with zero attached hydrogens (tertiary/aromatic N) is 1. The van der Waals surface area contributed by atoms with E-state index in [4.69, 9.17) is 4.74 Å². The number of carbonyl (C=O) groups excluding carboxylic acids is 3. The molecule has 0 aromatic heterocycles. The smallest absolute Gasteiger partial charge is 0.255 e. The molecule has 1 unspecified atom stereocenters. The van der Waals surface area contributed by atoms with E-state index in [0.717, 1.165) is 12.8 Å². The van der Waals surface area contributed by atoms with Crippen LogP contribution in [0.5, 0.6) is 5.75 Å². The topological polar surface area (TPSA) is 87.7 Å². The van der Waals surface area contributed by atoms with Crippen LogP contribution >= 0.6 is 0 Å². The number of amides is 3. The number of benzene rings is 1. The maximum atomic E-state index is 12.3. The molecule has 1 saturated heterocycles. The summed E-state index contributed by atoms with van der Waals surface area (Å²) in [6.07, 6.45) is 1.54. The Morgan fingerprint density at radius 3 is 2.96 bits per heavy atom. The summed E-state index contributed by atoms with van der Waals surface area (Å²) in [5.74, 6) is 0.00606. The number of para-hydroxylation sites is 1. The van der Waals surface area contributed by atoms with Crippen LogP contribution in [0.4, 0.5) is 0 Å². The normalized spacial score (nSPS) is 22.9. The van der Waals surface area contributed by atoms with Crippen LogP contribution in [0, 0.1) is 0 Å². The zero-order valence-electron chi connectivity index (χ0n) is 13.6. The van der Waals surface area contributed by atoms with Crippen molar-refractivity contribution < 1.29 is 19.1 Å². The standard InChI is InChI=1S/C17H21N3O4/c1-12(21)18-9-15(22)20-8-4-7-17(11-20)10-19-16(23)13-5-2-3-6-14(13)24-17/h2-3,5-6H,4,7-11H2,1H3,(H,18,21)(H,19,23). The van der Waals surface area contributed by atoms with E-state index in [1.165, 1.54) is 6.92 Å². The number of hydrogen-bond donors (Lipinski definition) is 2. The zero-order chi connectivity index (χ0) is 17.2. The molecule has 1 aromatic carbocycles. The van der Waals surface area contributed by atoms with Gasteiger partial charge in [-0.25, -0.2) is 0 Å². The van der Waals surface area contributed by atoms with Gasteiger partial charge < -0.3 is 20.3 Å². The van der Waals surface area contributed by atoms with Crippen molar-refractivity contribution in [3.8, 4) is 5.75 Å². The average Bonchev–Trinajstić information content (AvgIpc) is 2.70. The number of ether oxygens (including phenoxy) is 1. The summed E-state index contributed by atoms with van der Waals surface area (Å²) < 4.78 is 6.20. The summed E-state index contributed by atoms with van der Waals surface area (Å²) in [6, 6.07) is 7.13. The molecule has 1 spiro atoms. The number of hydrogen-bond acceptors (Lipinski definition) is 4. The van der Waals surface area contributed by atoms with Crippen molar-refractivity contribution >= 4 is 17.7 Å². The van der Waals surface area contributed by atoms with E-state index in [-0.39, 0.29) is 24.3 Å². The number of likely N-dealkylation sites (tertiary alicyclic amines) is 1. The van der Waals surface area contributed by atoms with E-state index in [9.17, 15) is 14.4 Å². The number of carbonyl (C=O) groups is 3. The summed E-state index contributed by atoms with van der Waals surface area (Å²) in [5.41, 5.74) is -0.122. The monoisotopic (exact) mass is 331 g/mol. The van der Waals surface area contributed by atoms with Gasteiger partial charge in [0.2, 0.25) is 11.8 Å². The summed E-state index contributed by atoms with van der Waals surface area (Å²) in [4.78, 5) is 37.2. The number of rotatable bonds is 2. The van der Waals surface area contributed by atoms with Crippen molar-refractivity contribution in [2.24, 2.45) is 0 Å². The summed E-state index contributed by atoms with van der Waals surface area (Å²) >= 11 is 0. The molecule has 7 heteroatoms. The zero-order valence-corrected chi connectivity index (χ0v) is 13.6. The van der Waals surface area contributed by atoms with E-state index >= 15 is 0 Å². The molecule has 1 fully saturated rings. The highest BCUT2D eigenvalue weighted by Crippen LogP contribution is 2.31. The van der Waals surface area contributed by atoms with E-state index in [2.05, 4.69) is 10.6 Å². The minimum atomic E-state index is -0.633. The Hall–Kier alpha value is -2.57. The minimum Gasteiger partial charge on any atom is -0.483 e. The summed E-state index contributed by atoms with van der Waals surface area (Å²) in [6.45, 7) is 2.73. The van der Waals surface area contributed by atoms with Crippen LogP contribution in [-0.4, -0.2) is 54.4 Å². The summed E-state index contributed by atoms with van der Waals surface area (Å²) in [5, 5.41) is 5.43. The molecule has 2 N–H and O–H groups in total. The molecule has 3 rings (SSSR count). The highest BCUT2D eigenvalue weighted by Gasteiger charge is 2.41. The van der Waals surface area contributed by atoms with Crippen molar-refractivity contribution in [2.45, 2.75) is 25.4 Å². The Labute approximate surface area is 140 Å². The fourth-order valence-electron chi connectivity index (χ4n) is 3.20. The lowest BCUT2D eigenvalue weighted by Crippen LogP contribution is -2.58. The molecule has 0 aliphatic carbocycles. The first-order valence-electron chi connectivity index (χ1n) is 8.08. The number of piperidine rings is 1. The third kappa shape index (κ3) is 3.34. The molecule has 2 heterocycles. The minimum absolute atomic E-state index is 0.0195. The van der Waals surface area contributed by atoms with Crippen molar-refractivity contribution in [3.05, 3.63) is 29.8 Å². The van der Waals surface area contributed by atoms with Gasteiger partial charge in [0.05, 0.1) is 25.2 Å². The Morgan fingerprint density at radius 1 is 1.38 bits per heavy atom. The van der Waals surface area contributed by atoms with Gasteiger partial charge in [-0.05, 0) is 25.0 Å². The SMILES string of the molecule is CC(=O)NCC(=O)N1CCCC2(CNC(=O)c3ccccc3O2)C1. The van der Waals surface area contributed by atoms with Crippen LogP contribution in [-0.2, 0) is 9.59 Å². The van der Waals surface area contributed by atoms with Crippen LogP contribution in [0.3, 0.4) is 0 Å². The van der Waals surface area contributed by atoms with Gasteiger partial charge in [-0.15, -0.1) is 0 Å². The molecule has 1 atom stereocenters. The van der Waals surface area contributed by atoms with Crippen molar-refractivity contribution in [1.82, 2.24) is 15.5 Å².